The van der Waals surface area contributed by atoms with Gasteiger partial charge in [0.1, 0.15) is 0 Å². The van der Waals surface area contributed by atoms with Gasteiger partial charge in [-0.05, 0) is 56.4 Å². The van der Waals surface area contributed by atoms with Gasteiger partial charge in [-0.15, -0.1) is 5.10 Å². The standard InChI is InChI=1S/C26H35N5O2/c32-25(29-15-7-2-8-16-29)23-19-31(28-27-23)22-13-17-30(18-14-22)26(33)24(21-11-5-6-12-21)20-9-3-1-4-10-20/h1,3-4,9-10,19,21-22,24H,2,5-8,11-18H2. The number of rotatable bonds is 5. The van der Waals surface area contributed by atoms with Gasteiger partial charge in [-0.1, -0.05) is 48.4 Å². The van der Waals surface area contributed by atoms with Crippen LogP contribution in [-0.4, -0.2) is 62.8 Å². The Morgan fingerprint density at radius 1 is 0.818 bits per heavy atom. The van der Waals surface area contributed by atoms with E-state index >= 15 is 0 Å². The average molecular weight is 450 g/mol. The van der Waals surface area contributed by atoms with Gasteiger partial charge in [0.05, 0.1) is 18.2 Å². The largest absolute Gasteiger partial charge is 0.342 e. The van der Waals surface area contributed by atoms with Crippen molar-refractivity contribution in [3.05, 3.63) is 47.8 Å². The molecule has 176 valence electrons. The average Bonchev–Trinajstić information content (AvgIpc) is 3.58. The first-order chi connectivity index (χ1) is 16.2. The second-order valence-electron chi connectivity index (χ2n) is 9.93. The van der Waals surface area contributed by atoms with E-state index in [0.29, 0.717) is 11.6 Å². The molecule has 1 aromatic carbocycles. The minimum absolute atomic E-state index is 0.00386. The number of benzene rings is 1. The lowest BCUT2D eigenvalue weighted by atomic mass is 9.83. The minimum Gasteiger partial charge on any atom is -0.342 e. The van der Waals surface area contributed by atoms with Crippen molar-refractivity contribution < 1.29 is 9.59 Å². The highest BCUT2D eigenvalue weighted by molar-refractivity contribution is 5.92. The van der Waals surface area contributed by atoms with Crippen LogP contribution >= 0.6 is 0 Å². The zero-order valence-corrected chi connectivity index (χ0v) is 19.4. The lowest BCUT2D eigenvalue weighted by Gasteiger charge is -2.35. The summed E-state index contributed by atoms with van der Waals surface area (Å²) in [5.41, 5.74) is 1.61. The first-order valence-corrected chi connectivity index (χ1v) is 12.8. The molecule has 7 nitrogen and oxygen atoms in total. The highest BCUT2D eigenvalue weighted by Crippen LogP contribution is 2.39. The number of amides is 2. The molecule has 2 aromatic rings. The normalized spacial score (nSPS) is 21.3. The Bertz CT molecular complexity index is 939. The number of likely N-dealkylation sites (tertiary alicyclic amines) is 2. The molecule has 3 aliphatic rings. The van der Waals surface area contributed by atoms with Crippen molar-refractivity contribution in [2.24, 2.45) is 5.92 Å². The third-order valence-electron chi connectivity index (χ3n) is 7.82. The molecular weight excluding hydrogens is 414 g/mol. The van der Waals surface area contributed by atoms with Crippen LogP contribution in [0.1, 0.15) is 85.8 Å². The smallest absolute Gasteiger partial charge is 0.276 e. The van der Waals surface area contributed by atoms with E-state index in [1.807, 2.05) is 34.0 Å². The number of nitrogens with zero attached hydrogens (tertiary/aromatic N) is 5. The molecule has 1 atom stereocenters. The Morgan fingerprint density at radius 2 is 1.52 bits per heavy atom. The number of carbonyl (C=O) groups is 2. The molecule has 1 aromatic heterocycles. The summed E-state index contributed by atoms with van der Waals surface area (Å²) in [7, 11) is 0. The molecule has 0 spiro atoms. The van der Waals surface area contributed by atoms with E-state index in [-0.39, 0.29) is 23.8 Å². The summed E-state index contributed by atoms with van der Waals surface area (Å²) in [6.07, 6.45) is 11.6. The quantitative estimate of drug-likeness (QED) is 0.691. The van der Waals surface area contributed by atoms with E-state index in [4.69, 9.17) is 0 Å². The van der Waals surface area contributed by atoms with Crippen LogP contribution in [0.4, 0.5) is 0 Å². The van der Waals surface area contributed by atoms with Crippen molar-refractivity contribution in [3.63, 3.8) is 0 Å². The van der Waals surface area contributed by atoms with Crippen LogP contribution in [0.2, 0.25) is 0 Å². The topological polar surface area (TPSA) is 71.3 Å². The maximum Gasteiger partial charge on any atom is 0.276 e. The van der Waals surface area contributed by atoms with E-state index < -0.39 is 0 Å². The molecule has 1 saturated carbocycles. The Labute approximate surface area is 196 Å². The van der Waals surface area contributed by atoms with Crippen LogP contribution in [0.3, 0.4) is 0 Å². The van der Waals surface area contributed by atoms with Gasteiger partial charge in [0.25, 0.3) is 5.91 Å². The van der Waals surface area contributed by atoms with Crippen molar-refractivity contribution >= 4 is 11.8 Å². The number of hydrogen-bond acceptors (Lipinski definition) is 4. The second kappa shape index (κ2) is 10.1. The molecule has 0 radical (unpaired) electrons. The van der Waals surface area contributed by atoms with E-state index in [2.05, 4.69) is 27.3 Å². The van der Waals surface area contributed by atoms with Gasteiger partial charge in [0.2, 0.25) is 5.91 Å². The molecule has 1 aliphatic carbocycles. The minimum atomic E-state index is -0.0228. The van der Waals surface area contributed by atoms with Crippen LogP contribution in [0.25, 0.3) is 0 Å². The summed E-state index contributed by atoms with van der Waals surface area (Å²) >= 11 is 0. The third-order valence-corrected chi connectivity index (χ3v) is 7.82. The third kappa shape index (κ3) is 4.82. The summed E-state index contributed by atoms with van der Waals surface area (Å²) in [6, 6.07) is 10.5. The summed E-state index contributed by atoms with van der Waals surface area (Å²) < 4.78 is 1.85. The summed E-state index contributed by atoms with van der Waals surface area (Å²) in [5.74, 6) is 0.712. The number of hydrogen-bond donors (Lipinski definition) is 0. The van der Waals surface area contributed by atoms with Gasteiger partial charge in [0, 0.05) is 26.2 Å². The number of piperidine rings is 2. The molecule has 0 bridgehead atoms. The molecule has 0 N–H and O–H groups in total. The van der Waals surface area contributed by atoms with Crippen molar-refractivity contribution in [1.82, 2.24) is 24.8 Å². The van der Waals surface area contributed by atoms with Gasteiger partial charge >= 0.3 is 0 Å². The molecule has 1 unspecified atom stereocenters. The predicted molar refractivity (Wildman–Crippen MR) is 126 cm³/mol. The van der Waals surface area contributed by atoms with Crippen LogP contribution in [0.15, 0.2) is 36.5 Å². The first-order valence-electron chi connectivity index (χ1n) is 12.8. The second-order valence-corrected chi connectivity index (χ2v) is 9.93. The van der Waals surface area contributed by atoms with Gasteiger partial charge in [-0.3, -0.25) is 9.59 Å². The molecule has 2 saturated heterocycles. The van der Waals surface area contributed by atoms with Crippen LogP contribution < -0.4 is 0 Å². The molecule has 5 rings (SSSR count). The molecule has 7 heteroatoms. The highest BCUT2D eigenvalue weighted by atomic mass is 16.2. The van der Waals surface area contributed by atoms with Crippen LogP contribution in [0, 0.1) is 5.92 Å². The van der Waals surface area contributed by atoms with Crippen LogP contribution in [0.5, 0.6) is 0 Å². The van der Waals surface area contributed by atoms with Crippen molar-refractivity contribution in [2.75, 3.05) is 26.2 Å². The maximum absolute atomic E-state index is 13.6. The maximum atomic E-state index is 13.6. The predicted octanol–water partition coefficient (Wildman–Crippen LogP) is 4.04. The highest BCUT2D eigenvalue weighted by Gasteiger charge is 2.36. The summed E-state index contributed by atoms with van der Waals surface area (Å²) in [4.78, 5) is 30.3. The summed E-state index contributed by atoms with van der Waals surface area (Å²) in [6.45, 7) is 3.09. The lowest BCUT2D eigenvalue weighted by Crippen LogP contribution is -2.43. The Hall–Kier alpha value is -2.70. The van der Waals surface area contributed by atoms with Gasteiger partial charge < -0.3 is 9.80 Å². The SMILES string of the molecule is O=C(c1cn(C2CCN(C(=O)C(c3ccccc3)C3CCCC3)CC2)nn1)N1CCCCC1. The number of carbonyl (C=O) groups excluding carboxylic acids is 2. The molecule has 33 heavy (non-hydrogen) atoms. The fraction of sp³-hybridized carbons (Fsp3) is 0.615. The van der Waals surface area contributed by atoms with E-state index in [9.17, 15) is 9.59 Å². The van der Waals surface area contributed by atoms with E-state index in [1.165, 1.54) is 19.3 Å². The Balaban J connectivity index is 1.22. The van der Waals surface area contributed by atoms with E-state index in [0.717, 1.165) is 70.3 Å². The van der Waals surface area contributed by atoms with Gasteiger partial charge in [0.15, 0.2) is 5.69 Å². The van der Waals surface area contributed by atoms with Crippen molar-refractivity contribution in [1.29, 1.82) is 0 Å². The molecule has 2 amide bonds. The fourth-order valence-electron chi connectivity index (χ4n) is 5.93. The summed E-state index contributed by atoms with van der Waals surface area (Å²) in [5, 5.41) is 8.47. The van der Waals surface area contributed by atoms with Gasteiger partial charge in [-0.2, -0.15) is 0 Å². The zero-order chi connectivity index (χ0) is 22.6. The molecule has 3 heterocycles. The monoisotopic (exact) mass is 449 g/mol. The Kier molecular flexibility index (Phi) is 6.74. The van der Waals surface area contributed by atoms with Crippen LogP contribution in [-0.2, 0) is 4.79 Å². The molecular formula is C26H35N5O2. The van der Waals surface area contributed by atoms with E-state index in [1.54, 1.807) is 0 Å². The lowest BCUT2D eigenvalue weighted by molar-refractivity contribution is -0.135. The number of aromatic nitrogens is 3. The van der Waals surface area contributed by atoms with Crippen molar-refractivity contribution in [2.45, 2.75) is 69.7 Å². The molecule has 3 fully saturated rings. The van der Waals surface area contributed by atoms with Crippen molar-refractivity contribution in [3.8, 4) is 0 Å². The van der Waals surface area contributed by atoms with Gasteiger partial charge in [-0.25, -0.2) is 4.68 Å². The Morgan fingerprint density at radius 3 is 2.21 bits per heavy atom. The zero-order valence-electron chi connectivity index (χ0n) is 19.4. The first kappa shape index (κ1) is 22.1. The fourth-order valence-corrected chi connectivity index (χ4v) is 5.93. The molecule has 2 aliphatic heterocycles.